The van der Waals surface area contributed by atoms with Gasteiger partial charge in [0.1, 0.15) is 0 Å². The van der Waals surface area contributed by atoms with Gasteiger partial charge in [0.2, 0.25) is 0 Å². The first kappa shape index (κ1) is 16.5. The summed E-state index contributed by atoms with van der Waals surface area (Å²) < 4.78 is 0. The van der Waals surface area contributed by atoms with E-state index in [1.165, 1.54) is 11.8 Å². The maximum Gasteiger partial charge on any atom is 0.266 e. The van der Waals surface area contributed by atoms with Crippen molar-refractivity contribution in [3.8, 4) is 0 Å². The highest BCUT2D eigenvalue weighted by Crippen LogP contribution is 2.34. The first-order chi connectivity index (χ1) is 11.6. The molecule has 0 aliphatic carbocycles. The lowest BCUT2D eigenvalue weighted by Gasteiger charge is -2.12. The number of rotatable bonds is 3. The van der Waals surface area contributed by atoms with Crippen LogP contribution in [0.5, 0.6) is 0 Å². The minimum atomic E-state index is 0.00312. The molecule has 4 nitrogen and oxygen atoms in total. The SMILES string of the molecule is CCN1C(=O)/C(=C\c2ccncc2)SC1=Nc1cc(C)ccc1C. The lowest BCUT2D eigenvalue weighted by molar-refractivity contribution is -0.122. The van der Waals surface area contributed by atoms with Crippen molar-refractivity contribution in [2.45, 2.75) is 20.8 Å². The second kappa shape index (κ2) is 7.01. The van der Waals surface area contributed by atoms with Gasteiger partial charge < -0.3 is 0 Å². The summed E-state index contributed by atoms with van der Waals surface area (Å²) in [6.45, 7) is 6.64. The molecule has 2 aromatic rings. The van der Waals surface area contributed by atoms with Crippen molar-refractivity contribution in [1.29, 1.82) is 0 Å². The normalized spacial score (nSPS) is 18.0. The summed E-state index contributed by atoms with van der Waals surface area (Å²) in [7, 11) is 0. The van der Waals surface area contributed by atoms with Gasteiger partial charge in [-0.3, -0.25) is 14.7 Å². The van der Waals surface area contributed by atoms with Crippen molar-refractivity contribution < 1.29 is 4.79 Å². The molecule has 0 atom stereocenters. The smallest absolute Gasteiger partial charge is 0.266 e. The van der Waals surface area contributed by atoms with Crippen LogP contribution in [0.2, 0.25) is 0 Å². The van der Waals surface area contributed by atoms with E-state index in [1.54, 1.807) is 17.3 Å². The Bertz CT molecular complexity index is 828. The number of hydrogen-bond donors (Lipinski definition) is 0. The molecule has 1 aliphatic rings. The molecule has 24 heavy (non-hydrogen) atoms. The van der Waals surface area contributed by atoms with Crippen molar-refractivity contribution in [1.82, 2.24) is 9.88 Å². The van der Waals surface area contributed by atoms with E-state index in [4.69, 9.17) is 4.99 Å². The Hall–Kier alpha value is -2.40. The average Bonchev–Trinajstić information content (AvgIpc) is 2.87. The summed E-state index contributed by atoms with van der Waals surface area (Å²) in [5, 5.41) is 0.733. The van der Waals surface area contributed by atoms with E-state index in [1.807, 2.05) is 45.0 Å². The van der Waals surface area contributed by atoms with Crippen molar-refractivity contribution in [2.24, 2.45) is 4.99 Å². The maximum atomic E-state index is 12.6. The molecule has 0 spiro atoms. The fourth-order valence-corrected chi connectivity index (χ4v) is 3.48. The van der Waals surface area contributed by atoms with E-state index < -0.39 is 0 Å². The quantitative estimate of drug-likeness (QED) is 0.784. The minimum Gasteiger partial charge on any atom is -0.287 e. The number of nitrogens with zero attached hydrogens (tertiary/aromatic N) is 3. The van der Waals surface area contributed by atoms with Crippen LogP contribution in [-0.2, 0) is 4.79 Å². The molecule has 1 fully saturated rings. The number of aliphatic imine (C=N–C) groups is 1. The van der Waals surface area contributed by atoms with E-state index in [-0.39, 0.29) is 5.91 Å². The summed E-state index contributed by atoms with van der Waals surface area (Å²) in [4.78, 5) is 23.8. The monoisotopic (exact) mass is 337 g/mol. The molecule has 0 saturated carbocycles. The molecule has 0 radical (unpaired) electrons. The van der Waals surface area contributed by atoms with Crippen LogP contribution in [0.4, 0.5) is 5.69 Å². The molecule has 2 heterocycles. The zero-order valence-corrected chi connectivity index (χ0v) is 14.8. The average molecular weight is 337 g/mol. The summed E-state index contributed by atoms with van der Waals surface area (Å²) >= 11 is 1.42. The second-order valence-corrected chi connectivity index (χ2v) is 6.63. The van der Waals surface area contributed by atoms with Crippen LogP contribution in [0.1, 0.15) is 23.6 Å². The van der Waals surface area contributed by atoms with Gasteiger partial charge in [-0.15, -0.1) is 0 Å². The largest absolute Gasteiger partial charge is 0.287 e. The molecule has 0 N–H and O–H groups in total. The molecule has 0 bridgehead atoms. The molecule has 122 valence electrons. The Labute approximate surface area is 146 Å². The molecule has 1 saturated heterocycles. The summed E-state index contributed by atoms with van der Waals surface area (Å²) in [6, 6.07) is 9.94. The molecular weight excluding hydrogens is 318 g/mol. The standard InChI is InChI=1S/C19H19N3OS/c1-4-22-18(23)17(12-15-7-9-20-10-8-15)24-19(22)21-16-11-13(2)5-6-14(16)3/h5-12H,4H2,1-3H3/b17-12+,21-19?. The fraction of sp³-hybridized carbons (Fsp3) is 0.211. The fourth-order valence-electron chi connectivity index (χ4n) is 2.42. The molecule has 1 aromatic carbocycles. The third-order valence-corrected chi connectivity index (χ3v) is 4.80. The number of aromatic nitrogens is 1. The van der Waals surface area contributed by atoms with Crippen LogP contribution >= 0.6 is 11.8 Å². The maximum absolute atomic E-state index is 12.6. The lowest BCUT2D eigenvalue weighted by atomic mass is 10.1. The topological polar surface area (TPSA) is 45.6 Å². The summed E-state index contributed by atoms with van der Waals surface area (Å²) in [5.74, 6) is 0.00312. The van der Waals surface area contributed by atoms with Gasteiger partial charge in [0.05, 0.1) is 10.6 Å². The van der Waals surface area contributed by atoms with Crippen LogP contribution in [-0.4, -0.2) is 27.5 Å². The Morgan fingerprint density at radius 1 is 1.21 bits per heavy atom. The van der Waals surface area contributed by atoms with E-state index in [2.05, 4.69) is 17.1 Å². The van der Waals surface area contributed by atoms with Crippen LogP contribution in [0.3, 0.4) is 0 Å². The van der Waals surface area contributed by atoms with Crippen molar-refractivity contribution >= 4 is 34.6 Å². The van der Waals surface area contributed by atoms with Gasteiger partial charge in [-0.2, -0.15) is 0 Å². The number of hydrogen-bond acceptors (Lipinski definition) is 4. The number of benzene rings is 1. The van der Waals surface area contributed by atoms with Crippen LogP contribution in [0, 0.1) is 13.8 Å². The molecule has 1 aromatic heterocycles. The van der Waals surface area contributed by atoms with Crippen molar-refractivity contribution in [3.63, 3.8) is 0 Å². The molecule has 3 rings (SSSR count). The van der Waals surface area contributed by atoms with E-state index >= 15 is 0 Å². The summed E-state index contributed by atoms with van der Waals surface area (Å²) in [6.07, 6.45) is 5.33. The second-order valence-electron chi connectivity index (χ2n) is 5.62. The number of amidine groups is 1. The Morgan fingerprint density at radius 2 is 1.96 bits per heavy atom. The zero-order valence-electron chi connectivity index (χ0n) is 14.0. The van der Waals surface area contributed by atoms with Crippen molar-refractivity contribution in [2.75, 3.05) is 6.54 Å². The van der Waals surface area contributed by atoms with Crippen LogP contribution in [0.15, 0.2) is 52.6 Å². The highest BCUT2D eigenvalue weighted by molar-refractivity contribution is 8.18. The van der Waals surface area contributed by atoms with E-state index in [0.29, 0.717) is 11.4 Å². The van der Waals surface area contributed by atoms with Crippen molar-refractivity contribution in [3.05, 3.63) is 64.3 Å². The molecule has 5 heteroatoms. The van der Waals surface area contributed by atoms with Gasteiger partial charge in [-0.1, -0.05) is 12.1 Å². The van der Waals surface area contributed by atoms with Crippen LogP contribution in [0.25, 0.3) is 6.08 Å². The third kappa shape index (κ3) is 3.41. The molecule has 0 unspecified atom stereocenters. The zero-order chi connectivity index (χ0) is 17.1. The molecular formula is C19H19N3OS. The predicted octanol–water partition coefficient (Wildman–Crippen LogP) is 4.32. The van der Waals surface area contributed by atoms with Gasteiger partial charge in [0.15, 0.2) is 5.17 Å². The first-order valence-electron chi connectivity index (χ1n) is 7.86. The Balaban J connectivity index is 1.97. The van der Waals surface area contributed by atoms with Crippen LogP contribution < -0.4 is 0 Å². The van der Waals surface area contributed by atoms with Gasteiger partial charge in [-0.05, 0) is 73.5 Å². The molecule has 1 amide bonds. The summed E-state index contributed by atoms with van der Waals surface area (Å²) in [5.41, 5.74) is 4.13. The number of likely N-dealkylation sites (N-methyl/N-ethyl adjacent to an activating group) is 1. The predicted molar refractivity (Wildman–Crippen MR) is 100 cm³/mol. The number of carbonyl (C=O) groups excluding carboxylic acids is 1. The van der Waals surface area contributed by atoms with Gasteiger partial charge in [-0.25, -0.2) is 4.99 Å². The highest BCUT2D eigenvalue weighted by atomic mass is 32.2. The van der Waals surface area contributed by atoms with E-state index in [0.717, 1.165) is 27.5 Å². The van der Waals surface area contributed by atoms with Gasteiger partial charge in [0, 0.05) is 18.9 Å². The Kier molecular flexibility index (Phi) is 4.81. The minimum absolute atomic E-state index is 0.00312. The number of aryl methyl sites for hydroxylation is 2. The first-order valence-corrected chi connectivity index (χ1v) is 8.67. The lowest BCUT2D eigenvalue weighted by Crippen LogP contribution is -2.28. The van der Waals surface area contributed by atoms with Gasteiger partial charge >= 0.3 is 0 Å². The number of carbonyl (C=O) groups is 1. The number of thioether (sulfide) groups is 1. The number of pyridine rings is 1. The molecule has 1 aliphatic heterocycles. The third-order valence-electron chi connectivity index (χ3n) is 3.79. The Morgan fingerprint density at radius 3 is 2.67 bits per heavy atom. The number of amides is 1. The van der Waals surface area contributed by atoms with E-state index in [9.17, 15) is 4.79 Å². The highest BCUT2D eigenvalue weighted by Gasteiger charge is 2.32. The van der Waals surface area contributed by atoms with Gasteiger partial charge in [0.25, 0.3) is 5.91 Å².